The van der Waals surface area contributed by atoms with Crippen LogP contribution in [0.4, 0.5) is 5.82 Å². The summed E-state index contributed by atoms with van der Waals surface area (Å²) in [6, 6.07) is 0. The number of anilines is 1. The van der Waals surface area contributed by atoms with Gasteiger partial charge in [-0.2, -0.15) is 0 Å². The van der Waals surface area contributed by atoms with Crippen molar-refractivity contribution in [1.82, 2.24) is 9.97 Å². The van der Waals surface area contributed by atoms with Crippen molar-refractivity contribution in [3.8, 4) is 0 Å². The lowest BCUT2D eigenvalue weighted by atomic mass is 10.2. The number of aryl methyl sites for hydroxylation is 1. The molecule has 0 aliphatic heterocycles. The van der Waals surface area contributed by atoms with Crippen molar-refractivity contribution < 1.29 is 4.79 Å². The molecule has 0 unspecified atom stereocenters. The summed E-state index contributed by atoms with van der Waals surface area (Å²) in [7, 11) is 1.89. The molecule has 0 N–H and O–H groups in total. The molecule has 1 rings (SSSR count). The zero-order valence-electron chi connectivity index (χ0n) is 9.99. The number of hydrogen-bond donors (Lipinski definition) is 0. The van der Waals surface area contributed by atoms with E-state index in [2.05, 4.69) is 23.8 Å². The lowest BCUT2D eigenvalue weighted by Crippen LogP contribution is -2.25. The first-order valence-corrected chi connectivity index (χ1v) is 5.54. The van der Waals surface area contributed by atoms with Crippen molar-refractivity contribution in [3.63, 3.8) is 0 Å². The Labute approximate surface area is 101 Å². The van der Waals surface area contributed by atoms with Crippen molar-refractivity contribution in [1.29, 1.82) is 0 Å². The van der Waals surface area contributed by atoms with Crippen LogP contribution in [0.2, 0.25) is 5.15 Å². The van der Waals surface area contributed by atoms with Gasteiger partial charge in [0.2, 0.25) is 0 Å². The SMILES string of the molecule is Cc1nc(Cl)c(C=O)c(N(C)CC(C)C)n1. The van der Waals surface area contributed by atoms with Crippen LogP contribution in [0.3, 0.4) is 0 Å². The van der Waals surface area contributed by atoms with Crippen LogP contribution in [0.25, 0.3) is 0 Å². The van der Waals surface area contributed by atoms with E-state index in [1.165, 1.54) is 0 Å². The maximum atomic E-state index is 11.0. The Hall–Kier alpha value is -1.16. The van der Waals surface area contributed by atoms with E-state index >= 15 is 0 Å². The van der Waals surface area contributed by atoms with E-state index < -0.39 is 0 Å². The Morgan fingerprint density at radius 3 is 2.56 bits per heavy atom. The highest BCUT2D eigenvalue weighted by Crippen LogP contribution is 2.22. The van der Waals surface area contributed by atoms with Crippen LogP contribution in [0.5, 0.6) is 0 Å². The van der Waals surface area contributed by atoms with Gasteiger partial charge >= 0.3 is 0 Å². The summed E-state index contributed by atoms with van der Waals surface area (Å²) in [4.78, 5) is 21.1. The molecule has 1 aromatic heterocycles. The summed E-state index contributed by atoms with van der Waals surface area (Å²) in [6.45, 7) is 6.78. The minimum absolute atomic E-state index is 0.216. The van der Waals surface area contributed by atoms with Gasteiger partial charge in [0.25, 0.3) is 0 Å². The molecule has 0 saturated carbocycles. The summed E-state index contributed by atoms with van der Waals surface area (Å²) in [5.41, 5.74) is 0.357. The van der Waals surface area contributed by atoms with E-state index in [4.69, 9.17) is 11.6 Å². The van der Waals surface area contributed by atoms with E-state index in [1.807, 2.05) is 11.9 Å². The zero-order chi connectivity index (χ0) is 12.3. The third-order valence-corrected chi connectivity index (χ3v) is 2.40. The van der Waals surface area contributed by atoms with Crippen LogP contribution in [-0.2, 0) is 0 Å². The first-order valence-electron chi connectivity index (χ1n) is 5.16. The Kier molecular flexibility index (Phi) is 4.24. The number of carbonyl (C=O) groups is 1. The fourth-order valence-corrected chi connectivity index (χ4v) is 1.81. The van der Waals surface area contributed by atoms with Crippen LogP contribution >= 0.6 is 11.6 Å². The van der Waals surface area contributed by atoms with Gasteiger partial charge in [-0.1, -0.05) is 25.4 Å². The Morgan fingerprint density at radius 2 is 2.06 bits per heavy atom. The highest BCUT2D eigenvalue weighted by molar-refractivity contribution is 6.32. The summed E-state index contributed by atoms with van der Waals surface area (Å²) < 4.78 is 0. The lowest BCUT2D eigenvalue weighted by Gasteiger charge is -2.22. The lowest BCUT2D eigenvalue weighted by molar-refractivity contribution is 0.112. The number of hydrogen-bond acceptors (Lipinski definition) is 4. The minimum atomic E-state index is 0.216. The van der Waals surface area contributed by atoms with Gasteiger partial charge in [0, 0.05) is 13.6 Å². The maximum Gasteiger partial charge on any atom is 0.156 e. The molecule has 0 aromatic carbocycles. The number of halogens is 1. The van der Waals surface area contributed by atoms with E-state index in [9.17, 15) is 4.79 Å². The molecule has 0 radical (unpaired) electrons. The van der Waals surface area contributed by atoms with Crippen LogP contribution in [-0.4, -0.2) is 29.8 Å². The van der Waals surface area contributed by atoms with Gasteiger partial charge in [-0.25, -0.2) is 9.97 Å². The highest BCUT2D eigenvalue weighted by atomic mass is 35.5. The zero-order valence-corrected chi connectivity index (χ0v) is 10.7. The monoisotopic (exact) mass is 241 g/mol. The molecular formula is C11H16ClN3O. The van der Waals surface area contributed by atoms with Gasteiger partial charge in [0.1, 0.15) is 16.8 Å². The molecular weight excluding hydrogens is 226 g/mol. The van der Waals surface area contributed by atoms with Crippen LogP contribution in [0, 0.1) is 12.8 Å². The van der Waals surface area contributed by atoms with Crippen molar-refractivity contribution in [2.45, 2.75) is 20.8 Å². The molecule has 88 valence electrons. The normalized spacial score (nSPS) is 10.6. The van der Waals surface area contributed by atoms with E-state index in [0.29, 0.717) is 29.4 Å². The Bertz CT molecular complexity index is 393. The van der Waals surface area contributed by atoms with E-state index in [-0.39, 0.29) is 5.15 Å². The first-order chi connectivity index (χ1) is 7.45. The van der Waals surface area contributed by atoms with Crippen molar-refractivity contribution in [2.75, 3.05) is 18.5 Å². The number of carbonyl (C=O) groups excluding carboxylic acids is 1. The minimum Gasteiger partial charge on any atom is -0.359 e. The van der Waals surface area contributed by atoms with Gasteiger partial charge in [0.05, 0.1) is 5.56 Å². The molecule has 0 spiro atoms. The molecule has 1 aromatic rings. The third-order valence-electron chi connectivity index (χ3n) is 2.11. The second-order valence-electron chi connectivity index (χ2n) is 4.19. The molecule has 0 amide bonds. The van der Waals surface area contributed by atoms with Crippen LogP contribution < -0.4 is 4.90 Å². The largest absolute Gasteiger partial charge is 0.359 e. The molecule has 16 heavy (non-hydrogen) atoms. The Balaban J connectivity index is 3.15. The van der Waals surface area contributed by atoms with Crippen LogP contribution in [0.1, 0.15) is 30.0 Å². The van der Waals surface area contributed by atoms with Gasteiger partial charge in [0.15, 0.2) is 6.29 Å². The fraction of sp³-hybridized carbons (Fsp3) is 0.545. The van der Waals surface area contributed by atoms with Crippen molar-refractivity contribution in [2.24, 2.45) is 5.92 Å². The average molecular weight is 242 g/mol. The smallest absolute Gasteiger partial charge is 0.156 e. The standard InChI is InChI=1S/C11H16ClN3O/c1-7(2)5-15(4)11-9(6-16)10(12)13-8(3)14-11/h6-7H,5H2,1-4H3. The summed E-state index contributed by atoms with van der Waals surface area (Å²) in [5.74, 6) is 1.65. The predicted octanol–water partition coefficient (Wildman–Crippen LogP) is 2.34. The van der Waals surface area contributed by atoms with E-state index in [0.717, 1.165) is 6.54 Å². The second kappa shape index (κ2) is 5.25. The van der Waals surface area contributed by atoms with Gasteiger partial charge < -0.3 is 4.90 Å². The summed E-state index contributed by atoms with van der Waals surface area (Å²) >= 11 is 5.91. The molecule has 5 heteroatoms. The maximum absolute atomic E-state index is 11.0. The first kappa shape index (κ1) is 12.9. The number of nitrogens with zero attached hydrogens (tertiary/aromatic N) is 3. The topological polar surface area (TPSA) is 46.1 Å². The number of aldehydes is 1. The Morgan fingerprint density at radius 1 is 1.44 bits per heavy atom. The molecule has 0 bridgehead atoms. The number of aromatic nitrogens is 2. The second-order valence-corrected chi connectivity index (χ2v) is 4.55. The molecule has 0 fully saturated rings. The van der Waals surface area contributed by atoms with E-state index in [1.54, 1.807) is 6.92 Å². The van der Waals surface area contributed by atoms with Crippen LogP contribution in [0.15, 0.2) is 0 Å². The fourth-order valence-electron chi connectivity index (χ4n) is 1.56. The molecule has 0 aliphatic rings. The predicted molar refractivity (Wildman–Crippen MR) is 65.3 cm³/mol. The average Bonchev–Trinajstić information content (AvgIpc) is 2.15. The number of rotatable bonds is 4. The quantitative estimate of drug-likeness (QED) is 0.600. The summed E-state index contributed by atoms with van der Waals surface area (Å²) in [6.07, 6.45) is 0.702. The molecule has 4 nitrogen and oxygen atoms in total. The third kappa shape index (κ3) is 2.92. The molecule has 0 aliphatic carbocycles. The molecule has 0 saturated heterocycles. The van der Waals surface area contributed by atoms with Gasteiger partial charge in [-0.05, 0) is 12.8 Å². The molecule has 1 heterocycles. The highest BCUT2D eigenvalue weighted by Gasteiger charge is 2.15. The van der Waals surface area contributed by atoms with Gasteiger partial charge in [-0.15, -0.1) is 0 Å². The van der Waals surface area contributed by atoms with Crippen molar-refractivity contribution in [3.05, 3.63) is 16.5 Å². The summed E-state index contributed by atoms with van der Waals surface area (Å²) in [5, 5.41) is 0.216. The molecule has 0 atom stereocenters. The van der Waals surface area contributed by atoms with Gasteiger partial charge in [-0.3, -0.25) is 4.79 Å². The van der Waals surface area contributed by atoms with Crippen molar-refractivity contribution >= 4 is 23.7 Å².